The minimum atomic E-state index is -1.35. The van der Waals surface area contributed by atoms with Crippen LogP contribution in [0.4, 0.5) is 9.59 Å². The maximum absolute atomic E-state index is 11.8. The smallest absolute Gasteiger partial charge is 0.414 e. The average Bonchev–Trinajstić information content (AvgIpc) is 2.45. The van der Waals surface area contributed by atoms with Crippen LogP contribution in [0.15, 0.2) is 27.7 Å². The highest BCUT2D eigenvalue weighted by molar-refractivity contribution is 9.10. The number of hydrogen-bond donors (Lipinski definition) is 4. The van der Waals surface area contributed by atoms with Crippen LogP contribution in [-0.4, -0.2) is 40.6 Å². The monoisotopic (exact) mass is 415 g/mol. The molecule has 0 aromatic heterocycles. The van der Waals surface area contributed by atoms with Gasteiger partial charge >= 0.3 is 12.2 Å². The van der Waals surface area contributed by atoms with Crippen molar-refractivity contribution in [3.63, 3.8) is 0 Å². The Bertz CT molecular complexity index is 656. The number of ether oxygens (including phenoxy) is 1. The van der Waals surface area contributed by atoms with Gasteiger partial charge in [0.2, 0.25) is 5.96 Å². The van der Waals surface area contributed by atoms with Crippen LogP contribution < -0.4 is 10.6 Å². The van der Waals surface area contributed by atoms with Crippen molar-refractivity contribution in [1.82, 2.24) is 10.6 Å². The lowest BCUT2D eigenvalue weighted by Crippen LogP contribution is -2.45. The van der Waals surface area contributed by atoms with E-state index >= 15 is 0 Å². The number of carbonyl (C=O) groups is 2. The number of alkyl carbamates (subject to hydrolysis) is 1. The number of halogens is 1. The fourth-order valence-corrected chi connectivity index (χ4v) is 2.42. The Morgan fingerprint density at radius 3 is 2.48 bits per heavy atom. The molecule has 0 unspecified atom stereocenters. The SMILES string of the molecule is CC(C)(C)OC(=O)NC(=NCc1ccc(CCO)c(Br)c1)NC(=O)O. The summed E-state index contributed by atoms with van der Waals surface area (Å²) < 4.78 is 5.89. The number of nitrogens with zero attached hydrogens (tertiary/aromatic N) is 1. The van der Waals surface area contributed by atoms with Crippen LogP contribution in [0.1, 0.15) is 31.9 Å². The molecule has 0 radical (unpaired) electrons. The molecule has 0 bridgehead atoms. The molecule has 0 spiro atoms. The first-order valence-corrected chi connectivity index (χ1v) is 8.32. The molecule has 9 heteroatoms. The zero-order chi connectivity index (χ0) is 19.0. The van der Waals surface area contributed by atoms with E-state index in [4.69, 9.17) is 14.9 Å². The Morgan fingerprint density at radius 2 is 1.96 bits per heavy atom. The largest absolute Gasteiger partial charge is 0.465 e. The Balaban J connectivity index is 2.83. The van der Waals surface area contributed by atoms with Crippen molar-refractivity contribution in [2.45, 2.75) is 39.3 Å². The van der Waals surface area contributed by atoms with Gasteiger partial charge in [0.15, 0.2) is 0 Å². The third kappa shape index (κ3) is 8.50. The fourth-order valence-electron chi connectivity index (χ4n) is 1.79. The van der Waals surface area contributed by atoms with E-state index in [2.05, 4.69) is 26.2 Å². The average molecular weight is 416 g/mol. The summed E-state index contributed by atoms with van der Waals surface area (Å²) in [6.45, 7) is 5.27. The van der Waals surface area contributed by atoms with Gasteiger partial charge < -0.3 is 14.9 Å². The van der Waals surface area contributed by atoms with Crippen LogP contribution >= 0.6 is 15.9 Å². The van der Waals surface area contributed by atoms with Crippen molar-refractivity contribution in [1.29, 1.82) is 0 Å². The third-order valence-electron chi connectivity index (χ3n) is 2.76. The zero-order valence-electron chi connectivity index (χ0n) is 14.3. The van der Waals surface area contributed by atoms with Gasteiger partial charge in [0.1, 0.15) is 5.60 Å². The van der Waals surface area contributed by atoms with Crippen molar-refractivity contribution in [3.8, 4) is 0 Å². The first-order valence-electron chi connectivity index (χ1n) is 7.53. The summed E-state index contributed by atoms with van der Waals surface area (Å²) in [5.74, 6) is -0.225. The van der Waals surface area contributed by atoms with E-state index in [-0.39, 0.29) is 19.1 Å². The maximum Gasteiger partial charge on any atom is 0.414 e. The summed E-state index contributed by atoms with van der Waals surface area (Å²) in [5.41, 5.74) is 1.03. The number of benzene rings is 1. The third-order valence-corrected chi connectivity index (χ3v) is 3.50. The maximum atomic E-state index is 11.8. The van der Waals surface area contributed by atoms with E-state index < -0.39 is 17.8 Å². The van der Waals surface area contributed by atoms with Crippen LogP contribution in [0.3, 0.4) is 0 Å². The van der Waals surface area contributed by atoms with Gasteiger partial charge in [-0.05, 0) is 44.4 Å². The number of rotatable bonds is 4. The molecule has 1 rings (SSSR count). The van der Waals surface area contributed by atoms with E-state index in [1.807, 2.05) is 23.5 Å². The van der Waals surface area contributed by atoms with Gasteiger partial charge in [0, 0.05) is 11.1 Å². The molecule has 0 aliphatic rings. The minimum absolute atomic E-state index is 0.0442. The molecule has 2 amide bonds. The number of aliphatic hydroxyl groups is 1. The van der Waals surface area contributed by atoms with Crippen LogP contribution in [0.2, 0.25) is 0 Å². The number of aliphatic hydroxyl groups excluding tert-OH is 1. The molecule has 1 aromatic rings. The lowest BCUT2D eigenvalue weighted by Gasteiger charge is -2.20. The first-order chi connectivity index (χ1) is 11.6. The number of guanidine groups is 1. The molecule has 0 saturated carbocycles. The highest BCUT2D eigenvalue weighted by atomic mass is 79.9. The van der Waals surface area contributed by atoms with E-state index in [9.17, 15) is 9.59 Å². The Hall–Kier alpha value is -2.13. The first kappa shape index (κ1) is 20.9. The van der Waals surface area contributed by atoms with Gasteiger partial charge in [-0.25, -0.2) is 14.6 Å². The molecular weight excluding hydrogens is 394 g/mol. The van der Waals surface area contributed by atoms with E-state index in [1.165, 1.54) is 0 Å². The standard InChI is InChI=1S/C16H22BrN3O5/c1-16(2,3)25-15(24)20-13(19-14(22)23)18-9-10-4-5-11(6-7-21)12(17)8-10/h4-5,8,21H,6-7,9H2,1-3H3,(H,22,23)(H2,18,19,20,24). The van der Waals surface area contributed by atoms with Crippen LogP contribution in [0, 0.1) is 0 Å². The normalized spacial score (nSPS) is 11.8. The van der Waals surface area contributed by atoms with Crippen LogP contribution in [0.5, 0.6) is 0 Å². The predicted molar refractivity (Wildman–Crippen MR) is 96.6 cm³/mol. The summed E-state index contributed by atoms with van der Waals surface area (Å²) >= 11 is 3.41. The lowest BCUT2D eigenvalue weighted by atomic mass is 10.1. The molecular formula is C16H22BrN3O5. The molecule has 25 heavy (non-hydrogen) atoms. The molecule has 8 nitrogen and oxygen atoms in total. The molecule has 0 fully saturated rings. The van der Waals surface area contributed by atoms with E-state index in [0.29, 0.717) is 6.42 Å². The second-order valence-electron chi connectivity index (χ2n) is 6.12. The summed E-state index contributed by atoms with van der Waals surface area (Å²) in [6, 6.07) is 5.47. The Morgan fingerprint density at radius 1 is 1.28 bits per heavy atom. The number of nitrogens with one attached hydrogen (secondary N) is 2. The minimum Gasteiger partial charge on any atom is -0.465 e. The van der Waals surface area contributed by atoms with Gasteiger partial charge in [-0.1, -0.05) is 28.1 Å². The van der Waals surface area contributed by atoms with Gasteiger partial charge in [-0.2, -0.15) is 0 Å². The van der Waals surface area contributed by atoms with E-state index in [0.717, 1.165) is 15.6 Å². The molecule has 0 heterocycles. The Labute approximate surface area is 154 Å². The number of carboxylic acid groups (broad SMARTS) is 1. The molecule has 138 valence electrons. The second-order valence-corrected chi connectivity index (χ2v) is 6.98. The topological polar surface area (TPSA) is 120 Å². The number of aliphatic imine (C=N–C) groups is 1. The van der Waals surface area contributed by atoms with Crippen LogP contribution in [-0.2, 0) is 17.7 Å². The van der Waals surface area contributed by atoms with Gasteiger partial charge in [0.05, 0.1) is 6.54 Å². The highest BCUT2D eigenvalue weighted by Gasteiger charge is 2.18. The molecule has 0 saturated heterocycles. The van der Waals surface area contributed by atoms with Crippen molar-refractivity contribution < 1.29 is 24.5 Å². The summed E-state index contributed by atoms with van der Waals surface area (Å²) in [7, 11) is 0. The van der Waals surface area contributed by atoms with Crippen molar-refractivity contribution in [2.24, 2.45) is 4.99 Å². The van der Waals surface area contributed by atoms with Crippen molar-refractivity contribution in [2.75, 3.05) is 6.61 Å². The number of carbonyl (C=O) groups excluding carboxylic acids is 1. The molecule has 4 N–H and O–H groups in total. The fraction of sp³-hybridized carbons (Fsp3) is 0.438. The van der Waals surface area contributed by atoms with E-state index in [1.54, 1.807) is 20.8 Å². The van der Waals surface area contributed by atoms with Crippen molar-refractivity contribution in [3.05, 3.63) is 33.8 Å². The van der Waals surface area contributed by atoms with Gasteiger partial charge in [-0.15, -0.1) is 0 Å². The second kappa shape index (κ2) is 9.38. The highest BCUT2D eigenvalue weighted by Crippen LogP contribution is 2.19. The number of hydrogen-bond acceptors (Lipinski definition) is 5. The molecule has 0 atom stereocenters. The van der Waals surface area contributed by atoms with Crippen molar-refractivity contribution >= 4 is 34.1 Å². The summed E-state index contributed by atoms with van der Waals surface area (Å²) in [6.07, 6.45) is -1.63. The molecule has 1 aromatic carbocycles. The lowest BCUT2D eigenvalue weighted by molar-refractivity contribution is 0.0561. The predicted octanol–water partition coefficient (Wildman–Crippen LogP) is 2.63. The number of amides is 2. The summed E-state index contributed by atoms with van der Waals surface area (Å²) in [4.78, 5) is 26.7. The summed E-state index contributed by atoms with van der Waals surface area (Å²) in [5, 5.41) is 22.1. The van der Waals surface area contributed by atoms with Crippen LogP contribution in [0.25, 0.3) is 0 Å². The quantitative estimate of drug-likeness (QED) is 0.444. The molecule has 0 aliphatic heterocycles. The Kier molecular flexibility index (Phi) is 7.85. The molecule has 0 aliphatic carbocycles. The van der Waals surface area contributed by atoms with Gasteiger partial charge in [0.25, 0.3) is 0 Å². The zero-order valence-corrected chi connectivity index (χ0v) is 15.9. The van der Waals surface area contributed by atoms with Gasteiger partial charge in [-0.3, -0.25) is 10.6 Å².